The highest BCUT2D eigenvalue weighted by atomic mass is 16.4. The van der Waals surface area contributed by atoms with Gasteiger partial charge in [0.1, 0.15) is 6.04 Å². The number of hydrogen-bond donors (Lipinski definition) is 2. The van der Waals surface area contributed by atoms with Crippen LogP contribution >= 0.6 is 0 Å². The van der Waals surface area contributed by atoms with E-state index in [1.54, 1.807) is 6.92 Å². The molecule has 1 saturated heterocycles. The van der Waals surface area contributed by atoms with E-state index in [0.29, 0.717) is 6.04 Å². The van der Waals surface area contributed by atoms with Crippen LogP contribution in [0.3, 0.4) is 0 Å². The van der Waals surface area contributed by atoms with Crippen molar-refractivity contribution >= 4 is 5.97 Å². The summed E-state index contributed by atoms with van der Waals surface area (Å²) in [5.74, 6) is -0.728. The summed E-state index contributed by atoms with van der Waals surface area (Å²) in [6.07, 6.45) is 1.06. The minimum absolute atomic E-state index is 0.366. The normalized spacial score (nSPS) is 25.0. The van der Waals surface area contributed by atoms with Crippen LogP contribution in [0.2, 0.25) is 0 Å². The van der Waals surface area contributed by atoms with E-state index in [1.807, 2.05) is 11.8 Å². The molecule has 4 nitrogen and oxygen atoms in total. The number of carboxylic acids is 1. The first-order valence-electron chi connectivity index (χ1n) is 4.86. The summed E-state index contributed by atoms with van der Waals surface area (Å²) in [5.41, 5.74) is 0. The number of nitrogens with one attached hydrogen (secondary N) is 1. The Hall–Kier alpha value is -0.610. The molecule has 1 aliphatic rings. The Labute approximate surface area is 78.9 Å². The zero-order valence-electron chi connectivity index (χ0n) is 8.29. The quantitative estimate of drug-likeness (QED) is 0.656. The van der Waals surface area contributed by atoms with E-state index in [4.69, 9.17) is 5.11 Å². The first kappa shape index (κ1) is 10.5. The fraction of sp³-hybridized carbons (Fsp3) is 0.889. The third-order valence-corrected chi connectivity index (χ3v) is 2.72. The van der Waals surface area contributed by atoms with Gasteiger partial charge in [-0.1, -0.05) is 6.92 Å². The fourth-order valence-corrected chi connectivity index (χ4v) is 1.91. The van der Waals surface area contributed by atoms with Crippen LogP contribution < -0.4 is 5.32 Å². The molecule has 2 unspecified atom stereocenters. The molecule has 13 heavy (non-hydrogen) atoms. The number of aliphatic carboxylic acids is 1. The zero-order valence-corrected chi connectivity index (χ0v) is 8.29. The first-order chi connectivity index (χ1) is 6.16. The van der Waals surface area contributed by atoms with Crippen molar-refractivity contribution in [2.45, 2.75) is 32.4 Å². The van der Waals surface area contributed by atoms with E-state index >= 15 is 0 Å². The fourth-order valence-electron chi connectivity index (χ4n) is 1.91. The number of likely N-dealkylation sites (N-methyl/N-ethyl adjacent to an activating group) is 1. The van der Waals surface area contributed by atoms with Crippen LogP contribution in [0.1, 0.15) is 20.3 Å². The summed E-state index contributed by atoms with van der Waals surface area (Å²) in [5, 5.41) is 12.1. The Bertz CT molecular complexity index is 178. The van der Waals surface area contributed by atoms with Crippen LogP contribution in [-0.4, -0.2) is 47.7 Å². The maximum absolute atomic E-state index is 10.8. The van der Waals surface area contributed by atoms with Gasteiger partial charge >= 0.3 is 5.97 Å². The van der Waals surface area contributed by atoms with Crippen molar-refractivity contribution in [3.63, 3.8) is 0 Å². The molecule has 0 bridgehead atoms. The van der Waals surface area contributed by atoms with Crippen LogP contribution in [0, 0.1) is 0 Å². The van der Waals surface area contributed by atoms with Crippen LogP contribution in [0.25, 0.3) is 0 Å². The molecule has 1 aliphatic heterocycles. The van der Waals surface area contributed by atoms with Gasteiger partial charge in [-0.05, 0) is 26.4 Å². The van der Waals surface area contributed by atoms with E-state index in [2.05, 4.69) is 5.32 Å². The molecule has 0 radical (unpaired) electrons. The molecule has 1 rings (SSSR count). The van der Waals surface area contributed by atoms with Crippen molar-refractivity contribution in [2.75, 3.05) is 19.6 Å². The summed E-state index contributed by atoms with van der Waals surface area (Å²) in [7, 11) is 0. The van der Waals surface area contributed by atoms with Crippen molar-refractivity contribution < 1.29 is 9.90 Å². The largest absolute Gasteiger partial charge is 0.480 e. The first-order valence-corrected chi connectivity index (χ1v) is 4.86. The van der Waals surface area contributed by atoms with Gasteiger partial charge in [0.2, 0.25) is 0 Å². The molecule has 0 aliphatic carbocycles. The monoisotopic (exact) mass is 186 g/mol. The van der Waals surface area contributed by atoms with Gasteiger partial charge in [-0.2, -0.15) is 0 Å². The van der Waals surface area contributed by atoms with Gasteiger partial charge in [0.05, 0.1) is 0 Å². The number of carboxylic acid groups (broad SMARTS) is 1. The zero-order chi connectivity index (χ0) is 9.84. The van der Waals surface area contributed by atoms with E-state index in [0.717, 1.165) is 26.1 Å². The molecule has 0 aromatic carbocycles. The minimum atomic E-state index is -0.728. The van der Waals surface area contributed by atoms with Crippen LogP contribution in [0.4, 0.5) is 0 Å². The van der Waals surface area contributed by atoms with Crippen molar-refractivity contribution in [3.05, 3.63) is 0 Å². The summed E-state index contributed by atoms with van der Waals surface area (Å²) < 4.78 is 0. The Morgan fingerprint density at radius 2 is 2.46 bits per heavy atom. The maximum atomic E-state index is 10.8. The SMILES string of the molecule is CCN(C1CCNC1)C(C)C(=O)O. The summed E-state index contributed by atoms with van der Waals surface area (Å²) >= 11 is 0. The van der Waals surface area contributed by atoms with E-state index in [-0.39, 0.29) is 6.04 Å². The molecule has 4 heteroatoms. The molecule has 2 N–H and O–H groups in total. The highest BCUT2D eigenvalue weighted by molar-refractivity contribution is 5.72. The molecule has 1 fully saturated rings. The van der Waals surface area contributed by atoms with Crippen LogP contribution in [-0.2, 0) is 4.79 Å². The summed E-state index contributed by atoms with van der Waals surface area (Å²) in [6, 6.07) is 0.0333. The molecule has 0 aromatic rings. The number of rotatable bonds is 4. The molecule has 0 spiro atoms. The molecular formula is C9H18N2O2. The second kappa shape index (κ2) is 4.58. The van der Waals surface area contributed by atoms with E-state index in [1.165, 1.54) is 0 Å². The maximum Gasteiger partial charge on any atom is 0.320 e. The third kappa shape index (κ3) is 2.42. The molecule has 0 aromatic heterocycles. The van der Waals surface area contributed by atoms with Gasteiger partial charge in [-0.25, -0.2) is 0 Å². The van der Waals surface area contributed by atoms with Crippen molar-refractivity contribution in [2.24, 2.45) is 0 Å². The van der Waals surface area contributed by atoms with Gasteiger partial charge in [-0.15, -0.1) is 0 Å². The predicted octanol–water partition coefficient (Wildman–Crippen LogP) is 0.143. The van der Waals surface area contributed by atoms with Gasteiger partial charge in [0.15, 0.2) is 0 Å². The average molecular weight is 186 g/mol. The molecular weight excluding hydrogens is 168 g/mol. The highest BCUT2D eigenvalue weighted by Crippen LogP contribution is 2.11. The molecule has 0 amide bonds. The van der Waals surface area contributed by atoms with Gasteiger partial charge < -0.3 is 10.4 Å². The van der Waals surface area contributed by atoms with Gasteiger partial charge in [0.25, 0.3) is 0 Å². The lowest BCUT2D eigenvalue weighted by Gasteiger charge is -2.30. The highest BCUT2D eigenvalue weighted by Gasteiger charge is 2.28. The molecule has 0 saturated carbocycles. The number of hydrogen-bond acceptors (Lipinski definition) is 3. The molecule has 76 valence electrons. The lowest BCUT2D eigenvalue weighted by atomic mass is 10.1. The Morgan fingerprint density at radius 3 is 2.85 bits per heavy atom. The Morgan fingerprint density at radius 1 is 1.77 bits per heavy atom. The van der Waals surface area contributed by atoms with Crippen LogP contribution in [0.5, 0.6) is 0 Å². The Balaban J connectivity index is 2.54. The lowest BCUT2D eigenvalue weighted by molar-refractivity contribution is -0.143. The van der Waals surface area contributed by atoms with Gasteiger partial charge in [-0.3, -0.25) is 9.69 Å². The second-order valence-electron chi connectivity index (χ2n) is 3.49. The predicted molar refractivity (Wildman–Crippen MR) is 50.8 cm³/mol. The smallest absolute Gasteiger partial charge is 0.320 e. The van der Waals surface area contributed by atoms with Crippen molar-refractivity contribution in [1.29, 1.82) is 0 Å². The second-order valence-corrected chi connectivity index (χ2v) is 3.49. The van der Waals surface area contributed by atoms with Crippen LogP contribution in [0.15, 0.2) is 0 Å². The van der Waals surface area contributed by atoms with E-state index in [9.17, 15) is 4.79 Å². The molecule has 2 atom stereocenters. The van der Waals surface area contributed by atoms with Crippen molar-refractivity contribution in [3.8, 4) is 0 Å². The molecule has 1 heterocycles. The number of nitrogens with zero attached hydrogens (tertiary/aromatic N) is 1. The number of carbonyl (C=O) groups is 1. The summed E-state index contributed by atoms with van der Waals surface area (Å²) in [4.78, 5) is 12.8. The average Bonchev–Trinajstić information content (AvgIpc) is 2.58. The van der Waals surface area contributed by atoms with Crippen molar-refractivity contribution in [1.82, 2.24) is 10.2 Å². The summed E-state index contributed by atoms with van der Waals surface area (Å²) in [6.45, 7) is 6.50. The standard InChI is InChI=1S/C9H18N2O2/c1-3-11(7(2)9(12)13)8-4-5-10-6-8/h7-8,10H,3-6H2,1-2H3,(H,12,13). The third-order valence-electron chi connectivity index (χ3n) is 2.72. The van der Waals surface area contributed by atoms with Gasteiger partial charge in [0, 0.05) is 12.6 Å². The topological polar surface area (TPSA) is 52.6 Å². The minimum Gasteiger partial charge on any atom is -0.480 e. The lowest BCUT2D eigenvalue weighted by Crippen LogP contribution is -2.46. The Kier molecular flexibility index (Phi) is 3.69. The van der Waals surface area contributed by atoms with E-state index < -0.39 is 5.97 Å².